The van der Waals surface area contributed by atoms with Crippen LogP contribution in [0.15, 0.2) is 10.5 Å². The molecule has 1 aromatic rings. The topological polar surface area (TPSA) is 62.5 Å². The van der Waals surface area contributed by atoms with E-state index in [2.05, 4.69) is 5.32 Å². The van der Waals surface area contributed by atoms with Crippen LogP contribution in [0.25, 0.3) is 0 Å². The van der Waals surface area contributed by atoms with Crippen molar-refractivity contribution in [1.82, 2.24) is 5.32 Å². The van der Waals surface area contributed by atoms with Crippen LogP contribution < -0.4 is 5.32 Å². The van der Waals surface area contributed by atoms with Gasteiger partial charge in [-0.3, -0.25) is 4.79 Å². The summed E-state index contributed by atoms with van der Waals surface area (Å²) in [5, 5.41) is 12.8. The molecule has 0 radical (unpaired) electrons. The summed E-state index contributed by atoms with van der Waals surface area (Å²) < 4.78 is 5.33. The molecule has 1 heterocycles. The second-order valence-electron chi connectivity index (χ2n) is 4.96. The predicted octanol–water partition coefficient (Wildman–Crippen LogP) is 1.93. The molecule has 0 saturated heterocycles. The Labute approximate surface area is 101 Å². The molecule has 94 valence electrons. The number of aliphatic hydroxyl groups is 1. The number of hydrogen-bond donors (Lipinski definition) is 2. The highest BCUT2D eigenvalue weighted by Crippen LogP contribution is 2.28. The molecule has 0 atom stereocenters. The number of carbonyl (C=O) groups excluding carboxylic acids is 1. The van der Waals surface area contributed by atoms with Crippen molar-refractivity contribution in [3.63, 3.8) is 0 Å². The third kappa shape index (κ3) is 2.69. The Hall–Kier alpha value is -1.29. The molecule has 4 nitrogen and oxygen atoms in total. The van der Waals surface area contributed by atoms with Gasteiger partial charge in [0.1, 0.15) is 5.76 Å². The minimum absolute atomic E-state index is 0.249. The second-order valence-corrected chi connectivity index (χ2v) is 4.96. The van der Waals surface area contributed by atoms with Crippen molar-refractivity contribution in [1.29, 1.82) is 0 Å². The average molecular weight is 237 g/mol. The van der Waals surface area contributed by atoms with Crippen LogP contribution in [0, 0.1) is 13.8 Å². The van der Waals surface area contributed by atoms with Gasteiger partial charge in [-0.2, -0.15) is 0 Å². The highest BCUT2D eigenvalue weighted by Gasteiger charge is 2.31. The highest BCUT2D eigenvalue weighted by atomic mass is 16.3. The Bertz CT molecular complexity index is 397. The van der Waals surface area contributed by atoms with Crippen molar-refractivity contribution in [3.05, 3.63) is 23.2 Å². The monoisotopic (exact) mass is 237 g/mol. The first kappa shape index (κ1) is 12.2. The summed E-state index contributed by atoms with van der Waals surface area (Å²) in [6, 6.07) is 1.73. The molecule has 1 saturated carbocycles. The molecule has 2 rings (SSSR count). The van der Waals surface area contributed by atoms with E-state index < -0.39 is 5.60 Å². The number of amides is 1. The van der Waals surface area contributed by atoms with Crippen LogP contribution in [-0.2, 0) is 0 Å². The number of furan rings is 1. The summed E-state index contributed by atoms with van der Waals surface area (Å²) in [5.74, 6) is 0.831. The highest BCUT2D eigenvalue weighted by molar-refractivity contribution is 5.91. The van der Waals surface area contributed by atoms with E-state index in [4.69, 9.17) is 4.42 Å². The zero-order valence-corrected chi connectivity index (χ0v) is 10.4. The molecule has 1 aromatic heterocycles. The van der Waals surface area contributed by atoms with E-state index in [1.54, 1.807) is 6.07 Å². The molecule has 1 aliphatic rings. The van der Waals surface area contributed by atoms with Gasteiger partial charge < -0.3 is 14.8 Å². The fourth-order valence-corrected chi connectivity index (χ4v) is 2.23. The molecule has 1 fully saturated rings. The first-order valence-electron chi connectivity index (χ1n) is 6.08. The molecule has 0 aliphatic heterocycles. The Morgan fingerprint density at radius 3 is 2.65 bits per heavy atom. The average Bonchev–Trinajstić information content (AvgIpc) is 2.85. The minimum atomic E-state index is -0.716. The maximum Gasteiger partial charge on any atom is 0.287 e. The third-order valence-corrected chi connectivity index (χ3v) is 3.50. The Morgan fingerprint density at radius 1 is 1.47 bits per heavy atom. The van der Waals surface area contributed by atoms with Crippen molar-refractivity contribution in [2.45, 2.75) is 45.1 Å². The van der Waals surface area contributed by atoms with E-state index in [0.717, 1.165) is 37.0 Å². The van der Waals surface area contributed by atoms with Gasteiger partial charge in [0.15, 0.2) is 5.76 Å². The van der Waals surface area contributed by atoms with E-state index in [1.165, 1.54) is 0 Å². The molecule has 4 heteroatoms. The molecule has 2 N–H and O–H groups in total. The second kappa shape index (κ2) is 4.53. The van der Waals surface area contributed by atoms with Crippen molar-refractivity contribution in [3.8, 4) is 0 Å². The van der Waals surface area contributed by atoms with Crippen LogP contribution >= 0.6 is 0 Å². The van der Waals surface area contributed by atoms with E-state index in [0.29, 0.717) is 12.3 Å². The Morgan fingerprint density at radius 2 is 2.12 bits per heavy atom. The summed E-state index contributed by atoms with van der Waals surface area (Å²) in [6.07, 6.45) is 3.60. The maximum atomic E-state index is 11.8. The summed E-state index contributed by atoms with van der Waals surface area (Å²) in [6.45, 7) is 4.04. The van der Waals surface area contributed by atoms with E-state index >= 15 is 0 Å². The predicted molar refractivity (Wildman–Crippen MR) is 63.9 cm³/mol. The lowest BCUT2D eigenvalue weighted by Gasteiger charge is -2.21. The zero-order valence-electron chi connectivity index (χ0n) is 10.4. The molecule has 0 bridgehead atoms. The van der Waals surface area contributed by atoms with Gasteiger partial charge in [0, 0.05) is 6.54 Å². The van der Waals surface area contributed by atoms with Crippen LogP contribution in [0.1, 0.15) is 47.6 Å². The lowest BCUT2D eigenvalue weighted by Crippen LogP contribution is -2.40. The van der Waals surface area contributed by atoms with Gasteiger partial charge in [0.25, 0.3) is 5.91 Å². The van der Waals surface area contributed by atoms with Gasteiger partial charge >= 0.3 is 0 Å². The SMILES string of the molecule is Cc1cc(C(=O)NCC2(O)CCCC2)oc1C. The number of nitrogens with one attached hydrogen (secondary N) is 1. The van der Waals surface area contributed by atoms with Crippen molar-refractivity contribution >= 4 is 5.91 Å². The first-order valence-corrected chi connectivity index (χ1v) is 6.08. The first-order chi connectivity index (χ1) is 8.00. The maximum absolute atomic E-state index is 11.8. The van der Waals surface area contributed by atoms with Gasteiger partial charge in [0.2, 0.25) is 0 Å². The van der Waals surface area contributed by atoms with Gasteiger partial charge in [-0.15, -0.1) is 0 Å². The number of hydrogen-bond acceptors (Lipinski definition) is 3. The van der Waals surface area contributed by atoms with Crippen molar-refractivity contribution < 1.29 is 14.3 Å². The molecule has 0 aromatic carbocycles. The zero-order chi connectivity index (χ0) is 12.5. The van der Waals surface area contributed by atoms with E-state index in [1.807, 2.05) is 13.8 Å². The summed E-state index contributed by atoms with van der Waals surface area (Å²) >= 11 is 0. The third-order valence-electron chi connectivity index (χ3n) is 3.50. The molecular formula is C13H19NO3. The lowest BCUT2D eigenvalue weighted by atomic mass is 10.0. The standard InChI is InChI=1S/C13H19NO3/c1-9-7-11(17-10(9)2)12(15)14-8-13(16)5-3-4-6-13/h7,16H,3-6,8H2,1-2H3,(H,14,15). The normalized spacial score (nSPS) is 18.3. The van der Waals surface area contributed by atoms with Crippen LogP contribution in [0.2, 0.25) is 0 Å². The largest absolute Gasteiger partial charge is 0.456 e. The Balaban J connectivity index is 1.93. The molecule has 1 aliphatic carbocycles. The number of aryl methyl sites for hydroxylation is 2. The smallest absolute Gasteiger partial charge is 0.287 e. The van der Waals surface area contributed by atoms with Gasteiger partial charge in [-0.25, -0.2) is 0 Å². The Kier molecular flexibility index (Phi) is 3.24. The summed E-state index contributed by atoms with van der Waals surface area (Å²) in [4.78, 5) is 11.8. The van der Waals surface area contributed by atoms with Gasteiger partial charge in [0.05, 0.1) is 5.60 Å². The fraction of sp³-hybridized carbons (Fsp3) is 0.615. The van der Waals surface area contributed by atoms with Crippen LogP contribution in [0.5, 0.6) is 0 Å². The van der Waals surface area contributed by atoms with Gasteiger partial charge in [-0.1, -0.05) is 12.8 Å². The van der Waals surface area contributed by atoms with Crippen LogP contribution in [0.3, 0.4) is 0 Å². The number of rotatable bonds is 3. The minimum Gasteiger partial charge on any atom is -0.456 e. The van der Waals surface area contributed by atoms with Crippen molar-refractivity contribution in [2.75, 3.05) is 6.54 Å². The fourth-order valence-electron chi connectivity index (χ4n) is 2.23. The molecule has 0 unspecified atom stereocenters. The summed E-state index contributed by atoms with van der Waals surface area (Å²) in [5.41, 5.74) is 0.251. The lowest BCUT2D eigenvalue weighted by molar-refractivity contribution is 0.0443. The van der Waals surface area contributed by atoms with E-state index in [-0.39, 0.29) is 5.91 Å². The van der Waals surface area contributed by atoms with E-state index in [9.17, 15) is 9.90 Å². The van der Waals surface area contributed by atoms with Gasteiger partial charge in [-0.05, 0) is 38.3 Å². The van der Waals surface area contributed by atoms with Crippen LogP contribution in [-0.4, -0.2) is 23.2 Å². The quantitative estimate of drug-likeness (QED) is 0.844. The van der Waals surface area contributed by atoms with Crippen LogP contribution in [0.4, 0.5) is 0 Å². The number of carbonyl (C=O) groups is 1. The molecular weight excluding hydrogens is 218 g/mol. The van der Waals surface area contributed by atoms with Crippen molar-refractivity contribution in [2.24, 2.45) is 0 Å². The molecule has 0 spiro atoms. The molecule has 17 heavy (non-hydrogen) atoms. The molecule has 1 amide bonds. The summed E-state index contributed by atoms with van der Waals surface area (Å²) in [7, 11) is 0.